The number of benzene rings is 2. The van der Waals surface area contributed by atoms with Crippen LogP contribution in [0.25, 0.3) is 6.08 Å². The molecule has 2 aliphatic rings. The number of hydrogen-bond acceptors (Lipinski definition) is 6. The summed E-state index contributed by atoms with van der Waals surface area (Å²) < 4.78 is 12.4. The van der Waals surface area contributed by atoms with E-state index in [2.05, 4.69) is 39.6 Å². The molecule has 0 spiro atoms. The first-order valence-corrected chi connectivity index (χ1v) is 11.9. The van der Waals surface area contributed by atoms with Gasteiger partial charge in [-0.2, -0.15) is 15.1 Å². The zero-order valence-electron chi connectivity index (χ0n) is 17.6. The Morgan fingerprint density at radius 3 is 2.75 bits per heavy atom. The highest BCUT2D eigenvalue weighted by molar-refractivity contribution is 14.1. The molecule has 0 radical (unpaired) electrons. The predicted molar refractivity (Wildman–Crippen MR) is 136 cm³/mol. The fraction of sp³-hybridized carbons (Fsp3) is 0.217. The molecule has 0 saturated heterocycles. The highest BCUT2D eigenvalue weighted by atomic mass is 127. The number of rotatable bonds is 7. The normalized spacial score (nSPS) is 16.7. The third-order valence-electron chi connectivity index (χ3n) is 4.75. The Bertz CT molecular complexity index is 1160. The van der Waals surface area contributed by atoms with E-state index in [1.807, 2.05) is 36.4 Å². The Kier molecular flexibility index (Phi) is 6.95. The van der Waals surface area contributed by atoms with Gasteiger partial charge in [-0.15, -0.1) is 0 Å². The largest absolute Gasteiger partial charge is 0.493 e. The van der Waals surface area contributed by atoms with Gasteiger partial charge in [-0.25, -0.2) is 0 Å². The predicted octanol–water partition coefficient (Wildman–Crippen LogP) is 5.30. The topological polar surface area (TPSA) is 87.3 Å². The number of fused-ring (bicyclic) bond motifs is 1. The van der Waals surface area contributed by atoms with E-state index in [4.69, 9.17) is 14.9 Å². The molecule has 32 heavy (non-hydrogen) atoms. The van der Waals surface area contributed by atoms with Crippen molar-refractivity contribution < 1.29 is 14.3 Å². The van der Waals surface area contributed by atoms with Gasteiger partial charge in [0.1, 0.15) is 11.7 Å². The number of hydrogen-bond donors (Lipinski definition) is 1. The van der Waals surface area contributed by atoms with Crippen molar-refractivity contribution in [1.82, 2.24) is 5.01 Å². The summed E-state index contributed by atoms with van der Waals surface area (Å²) in [5.74, 6) is 0.768. The van der Waals surface area contributed by atoms with Crippen molar-refractivity contribution in [3.05, 3.63) is 62.7 Å². The van der Waals surface area contributed by atoms with Crippen molar-refractivity contribution in [2.24, 2.45) is 10.1 Å². The molecule has 1 amide bonds. The summed E-state index contributed by atoms with van der Waals surface area (Å²) in [5, 5.41) is 15.7. The van der Waals surface area contributed by atoms with Gasteiger partial charge in [-0.1, -0.05) is 37.3 Å². The fourth-order valence-corrected chi connectivity index (χ4v) is 4.97. The number of thioether (sulfide) groups is 1. The number of ether oxygens (including phenoxy) is 2. The Labute approximate surface area is 204 Å². The first-order valence-electron chi connectivity index (χ1n) is 10.0. The summed E-state index contributed by atoms with van der Waals surface area (Å²) >= 11 is 3.53. The van der Waals surface area contributed by atoms with E-state index in [-0.39, 0.29) is 11.4 Å². The van der Waals surface area contributed by atoms with Crippen molar-refractivity contribution in [3.63, 3.8) is 0 Å². The van der Waals surface area contributed by atoms with Crippen LogP contribution in [0.4, 0.5) is 0 Å². The van der Waals surface area contributed by atoms with Crippen LogP contribution < -0.4 is 9.47 Å². The van der Waals surface area contributed by atoms with E-state index in [9.17, 15) is 4.79 Å². The van der Waals surface area contributed by atoms with E-state index in [0.29, 0.717) is 23.3 Å². The first kappa shape index (κ1) is 22.5. The van der Waals surface area contributed by atoms with Crippen molar-refractivity contribution in [3.8, 4) is 11.5 Å². The second-order valence-corrected chi connectivity index (χ2v) is 9.27. The van der Waals surface area contributed by atoms with Crippen LogP contribution in [-0.2, 0) is 11.4 Å². The van der Waals surface area contributed by atoms with Crippen LogP contribution in [0.15, 0.2) is 58.1 Å². The number of amides is 1. The molecule has 0 fully saturated rings. The lowest BCUT2D eigenvalue weighted by Crippen LogP contribution is -2.35. The number of nitrogens with one attached hydrogen (secondary N) is 1. The molecule has 1 N–H and O–H groups in total. The Morgan fingerprint density at radius 1 is 1.25 bits per heavy atom. The van der Waals surface area contributed by atoms with Crippen LogP contribution in [0.3, 0.4) is 0 Å². The molecule has 7 nitrogen and oxygen atoms in total. The smallest absolute Gasteiger partial charge is 0.283 e. The van der Waals surface area contributed by atoms with Gasteiger partial charge in [0.15, 0.2) is 17.3 Å². The number of hydrazone groups is 1. The Morgan fingerprint density at radius 2 is 2.03 bits per heavy atom. The maximum Gasteiger partial charge on any atom is 0.283 e. The second kappa shape index (κ2) is 9.86. The van der Waals surface area contributed by atoms with Crippen molar-refractivity contribution >= 4 is 62.4 Å². The Balaban J connectivity index is 1.60. The van der Waals surface area contributed by atoms with Gasteiger partial charge in [0.2, 0.25) is 5.17 Å². The summed E-state index contributed by atoms with van der Waals surface area (Å²) in [4.78, 5) is 16.8. The maximum absolute atomic E-state index is 12.6. The molecule has 0 saturated carbocycles. The second-order valence-electron chi connectivity index (χ2n) is 7.07. The molecule has 0 aromatic heterocycles. The van der Waals surface area contributed by atoms with Crippen molar-refractivity contribution in [2.45, 2.75) is 26.4 Å². The molecule has 2 aromatic rings. The number of halogens is 1. The highest BCUT2D eigenvalue weighted by Gasteiger charge is 2.35. The molecule has 0 aliphatic carbocycles. The van der Waals surface area contributed by atoms with E-state index in [1.54, 1.807) is 19.3 Å². The monoisotopic (exact) mass is 560 g/mol. The van der Waals surface area contributed by atoms with Crippen LogP contribution >= 0.6 is 34.4 Å². The summed E-state index contributed by atoms with van der Waals surface area (Å²) in [6.07, 6.45) is 3.38. The molecule has 9 heteroatoms. The minimum atomic E-state index is -0.444. The van der Waals surface area contributed by atoms with Crippen molar-refractivity contribution in [2.75, 3.05) is 7.11 Å². The molecule has 2 aromatic carbocycles. The lowest BCUT2D eigenvalue weighted by molar-refractivity contribution is -0.114. The van der Waals surface area contributed by atoms with Crippen LogP contribution in [0.2, 0.25) is 0 Å². The lowest BCUT2D eigenvalue weighted by atomic mass is 10.1. The molecule has 164 valence electrons. The van der Waals surface area contributed by atoms with E-state index >= 15 is 0 Å². The molecule has 2 heterocycles. The number of carbonyl (C=O) groups excluding carboxylic acids is 1. The first-order chi connectivity index (χ1) is 15.5. The minimum Gasteiger partial charge on any atom is -0.493 e. The summed E-state index contributed by atoms with van der Waals surface area (Å²) in [6, 6.07) is 13.6. The van der Waals surface area contributed by atoms with E-state index < -0.39 is 5.91 Å². The molecule has 0 atom stereocenters. The number of methoxy groups -OCH3 is 1. The van der Waals surface area contributed by atoms with Gasteiger partial charge in [0.05, 0.1) is 16.3 Å². The third kappa shape index (κ3) is 4.73. The average molecular weight is 560 g/mol. The van der Waals surface area contributed by atoms with Gasteiger partial charge >= 0.3 is 0 Å². The van der Waals surface area contributed by atoms with Gasteiger partial charge < -0.3 is 9.47 Å². The van der Waals surface area contributed by atoms with Gasteiger partial charge in [0, 0.05) is 0 Å². The molecule has 2 aliphatic heterocycles. The van der Waals surface area contributed by atoms with Gasteiger partial charge in [-0.3, -0.25) is 10.2 Å². The van der Waals surface area contributed by atoms with Crippen LogP contribution in [0, 0.1) is 8.98 Å². The summed E-state index contributed by atoms with van der Waals surface area (Å²) in [6.45, 7) is 2.48. The highest BCUT2D eigenvalue weighted by Crippen LogP contribution is 2.36. The number of carbonyl (C=O) groups is 1. The number of amidine groups is 2. The number of aliphatic imine (C=N–C) groups is 1. The molecule has 0 unspecified atom stereocenters. The third-order valence-corrected chi connectivity index (χ3v) is 6.52. The van der Waals surface area contributed by atoms with Gasteiger partial charge in [0.25, 0.3) is 5.91 Å². The lowest BCUT2D eigenvalue weighted by Gasteiger charge is -2.20. The zero-order valence-corrected chi connectivity index (χ0v) is 20.6. The molecule has 0 bridgehead atoms. The Hall–Kier alpha value is -2.66. The standard InChI is InChI=1S/C23H21IN4O3S/c1-3-7-19-27-28-21(25)16(22(29)26-23(28)32-19)10-15-11-17(24)20(18(12-15)30-2)31-13-14-8-5-4-6-9-14/h4-6,8-12,25H,3,7,13H2,1-2H3. The SMILES string of the molecule is CCCC1=NN2C(=N)C(=Cc3cc(I)c(OCc4ccccc4)c(OC)c3)C(=O)N=C2S1. The fourth-order valence-electron chi connectivity index (χ4n) is 3.21. The van der Waals surface area contributed by atoms with Gasteiger partial charge in [-0.05, 0) is 76.5 Å². The summed E-state index contributed by atoms with van der Waals surface area (Å²) in [7, 11) is 1.58. The molecular weight excluding hydrogens is 539 g/mol. The van der Waals surface area contributed by atoms with Crippen LogP contribution in [0.1, 0.15) is 30.9 Å². The molecular formula is C23H21IN4O3S. The quantitative estimate of drug-likeness (QED) is 0.367. The number of nitrogens with zero attached hydrogens (tertiary/aromatic N) is 3. The molecule has 4 rings (SSSR count). The average Bonchev–Trinajstić information content (AvgIpc) is 3.19. The van der Waals surface area contributed by atoms with E-state index in [1.165, 1.54) is 16.8 Å². The summed E-state index contributed by atoms with van der Waals surface area (Å²) in [5.41, 5.74) is 1.96. The van der Waals surface area contributed by atoms with E-state index in [0.717, 1.165) is 32.6 Å². The van der Waals surface area contributed by atoms with Crippen LogP contribution in [-0.4, -0.2) is 34.1 Å². The van der Waals surface area contributed by atoms with Crippen LogP contribution in [0.5, 0.6) is 11.5 Å². The maximum atomic E-state index is 12.6. The zero-order chi connectivity index (χ0) is 22.7. The van der Waals surface area contributed by atoms with Crippen molar-refractivity contribution in [1.29, 1.82) is 5.41 Å². The minimum absolute atomic E-state index is 0.0250.